The topological polar surface area (TPSA) is 31.7 Å². The summed E-state index contributed by atoms with van der Waals surface area (Å²) in [6.45, 7) is 5.37. The lowest BCUT2D eigenvalue weighted by atomic mass is 10.0. The van der Waals surface area contributed by atoms with Crippen LogP contribution in [-0.4, -0.2) is 55.4 Å². The van der Waals surface area contributed by atoms with Crippen LogP contribution < -0.4 is 4.90 Å². The minimum absolute atomic E-state index is 0.982. The van der Waals surface area contributed by atoms with Crippen LogP contribution in [0.15, 0.2) is 23.3 Å². The Labute approximate surface area is 115 Å². The molecule has 1 fully saturated rings. The highest BCUT2D eigenvalue weighted by molar-refractivity contribution is 6.00. The van der Waals surface area contributed by atoms with Crippen molar-refractivity contribution in [3.8, 4) is 0 Å². The largest absolute Gasteiger partial charge is 0.354 e. The van der Waals surface area contributed by atoms with E-state index in [1.54, 1.807) is 0 Å². The summed E-state index contributed by atoms with van der Waals surface area (Å²) in [5.41, 5.74) is 2.45. The number of anilines is 1. The number of rotatable bonds is 2. The number of aromatic nitrogens is 1. The number of nitrogens with zero attached hydrogens (tertiary/aromatic N) is 4. The summed E-state index contributed by atoms with van der Waals surface area (Å²) in [6.07, 6.45) is 5.60. The second-order valence-corrected chi connectivity index (χ2v) is 5.48. The number of pyridine rings is 1. The van der Waals surface area contributed by atoms with E-state index in [4.69, 9.17) is 0 Å². The van der Waals surface area contributed by atoms with Crippen LogP contribution in [0.1, 0.15) is 24.8 Å². The number of piperazine rings is 1. The quantitative estimate of drug-likeness (QED) is 0.811. The molecule has 0 bridgehead atoms. The predicted octanol–water partition coefficient (Wildman–Crippen LogP) is 1.81. The summed E-state index contributed by atoms with van der Waals surface area (Å²) in [4.78, 5) is 14.0. The summed E-state index contributed by atoms with van der Waals surface area (Å²) in [6, 6.07) is 4.34. The van der Waals surface area contributed by atoms with E-state index in [0.29, 0.717) is 0 Å². The molecule has 19 heavy (non-hydrogen) atoms. The molecule has 0 unspecified atom stereocenters. The van der Waals surface area contributed by atoms with E-state index < -0.39 is 0 Å². The van der Waals surface area contributed by atoms with Gasteiger partial charge in [-0.15, -0.1) is 0 Å². The number of hydrogen-bond donors (Lipinski definition) is 0. The Balaban J connectivity index is 1.70. The second-order valence-electron chi connectivity index (χ2n) is 5.48. The monoisotopic (exact) mass is 258 g/mol. The molecule has 0 aromatic carbocycles. The fourth-order valence-corrected chi connectivity index (χ4v) is 2.71. The maximum absolute atomic E-state index is 4.63. The SMILES string of the molecule is CN1CCN(c2ccc(C3=NCCCC3)cn2)CC1. The molecule has 1 aromatic rings. The average Bonchev–Trinajstić information content (AvgIpc) is 2.49. The fraction of sp³-hybridized carbons (Fsp3) is 0.600. The summed E-state index contributed by atoms with van der Waals surface area (Å²) in [5, 5.41) is 0. The van der Waals surface area contributed by atoms with E-state index in [9.17, 15) is 0 Å². The van der Waals surface area contributed by atoms with Gasteiger partial charge in [-0.1, -0.05) is 0 Å². The van der Waals surface area contributed by atoms with Gasteiger partial charge in [0.15, 0.2) is 0 Å². The minimum atomic E-state index is 0.982. The molecule has 102 valence electrons. The van der Waals surface area contributed by atoms with E-state index in [0.717, 1.165) is 45.0 Å². The molecule has 1 aromatic heterocycles. The van der Waals surface area contributed by atoms with Gasteiger partial charge in [0.1, 0.15) is 5.82 Å². The van der Waals surface area contributed by atoms with E-state index in [2.05, 4.69) is 39.0 Å². The molecule has 0 amide bonds. The van der Waals surface area contributed by atoms with Crippen molar-refractivity contribution in [3.05, 3.63) is 23.9 Å². The van der Waals surface area contributed by atoms with Crippen LogP contribution >= 0.6 is 0 Å². The molecule has 0 atom stereocenters. The van der Waals surface area contributed by atoms with Crippen LogP contribution in [0.25, 0.3) is 0 Å². The van der Waals surface area contributed by atoms with Gasteiger partial charge in [0.25, 0.3) is 0 Å². The molecule has 0 spiro atoms. The van der Waals surface area contributed by atoms with E-state index in [1.165, 1.54) is 24.1 Å². The van der Waals surface area contributed by atoms with Crippen molar-refractivity contribution in [2.24, 2.45) is 4.99 Å². The summed E-state index contributed by atoms with van der Waals surface area (Å²) >= 11 is 0. The lowest BCUT2D eigenvalue weighted by Crippen LogP contribution is -2.44. The highest BCUT2D eigenvalue weighted by Gasteiger charge is 2.15. The molecule has 4 nitrogen and oxygen atoms in total. The number of aliphatic imine (C=N–C) groups is 1. The molecule has 2 aliphatic rings. The minimum Gasteiger partial charge on any atom is -0.354 e. The van der Waals surface area contributed by atoms with Gasteiger partial charge in [0.05, 0.1) is 0 Å². The zero-order valence-electron chi connectivity index (χ0n) is 11.7. The summed E-state index contributed by atoms with van der Waals surface area (Å²) < 4.78 is 0. The normalized spacial score (nSPS) is 21.3. The van der Waals surface area contributed by atoms with Crippen LogP contribution in [0.5, 0.6) is 0 Å². The maximum Gasteiger partial charge on any atom is 0.128 e. The average molecular weight is 258 g/mol. The van der Waals surface area contributed by atoms with Crippen molar-refractivity contribution in [2.75, 3.05) is 44.7 Å². The molecule has 2 aliphatic heterocycles. The van der Waals surface area contributed by atoms with Crippen molar-refractivity contribution in [2.45, 2.75) is 19.3 Å². The van der Waals surface area contributed by atoms with Crippen molar-refractivity contribution >= 4 is 11.5 Å². The van der Waals surface area contributed by atoms with Crippen LogP contribution in [0.3, 0.4) is 0 Å². The first-order valence-electron chi connectivity index (χ1n) is 7.26. The van der Waals surface area contributed by atoms with Crippen molar-refractivity contribution in [1.29, 1.82) is 0 Å². The Morgan fingerprint density at radius 3 is 2.53 bits per heavy atom. The molecular formula is C15H22N4. The van der Waals surface area contributed by atoms with Gasteiger partial charge in [0, 0.05) is 50.2 Å². The molecule has 0 radical (unpaired) electrons. The van der Waals surface area contributed by atoms with Crippen LogP contribution in [-0.2, 0) is 0 Å². The number of hydrogen-bond acceptors (Lipinski definition) is 4. The van der Waals surface area contributed by atoms with E-state index in [-0.39, 0.29) is 0 Å². The lowest BCUT2D eigenvalue weighted by Gasteiger charge is -2.33. The first-order chi connectivity index (χ1) is 9.33. The molecule has 0 saturated carbocycles. The zero-order chi connectivity index (χ0) is 13.1. The Kier molecular flexibility index (Phi) is 3.78. The highest BCUT2D eigenvalue weighted by Crippen LogP contribution is 2.17. The van der Waals surface area contributed by atoms with Gasteiger partial charge in [-0.05, 0) is 38.4 Å². The first kappa shape index (κ1) is 12.6. The van der Waals surface area contributed by atoms with Crippen LogP contribution in [0.4, 0.5) is 5.82 Å². The highest BCUT2D eigenvalue weighted by atomic mass is 15.3. The molecule has 1 saturated heterocycles. The molecule has 0 aliphatic carbocycles. The third-order valence-electron chi connectivity index (χ3n) is 4.03. The van der Waals surface area contributed by atoms with Gasteiger partial charge < -0.3 is 9.80 Å². The van der Waals surface area contributed by atoms with Crippen molar-refractivity contribution in [1.82, 2.24) is 9.88 Å². The molecule has 0 N–H and O–H groups in total. The van der Waals surface area contributed by atoms with Crippen molar-refractivity contribution in [3.63, 3.8) is 0 Å². The van der Waals surface area contributed by atoms with Gasteiger partial charge in [-0.25, -0.2) is 4.98 Å². The molecule has 4 heteroatoms. The molecular weight excluding hydrogens is 236 g/mol. The standard InChI is InChI=1S/C15H22N4/c1-18-8-10-19(11-9-18)15-6-5-13(12-17-15)14-4-2-3-7-16-14/h5-6,12H,2-4,7-11H2,1H3. The third-order valence-corrected chi connectivity index (χ3v) is 4.03. The fourth-order valence-electron chi connectivity index (χ4n) is 2.71. The Bertz CT molecular complexity index is 444. The Morgan fingerprint density at radius 2 is 1.89 bits per heavy atom. The Hall–Kier alpha value is -1.42. The van der Waals surface area contributed by atoms with E-state index in [1.807, 2.05) is 6.20 Å². The van der Waals surface area contributed by atoms with Gasteiger partial charge >= 0.3 is 0 Å². The maximum atomic E-state index is 4.63. The van der Waals surface area contributed by atoms with E-state index >= 15 is 0 Å². The Morgan fingerprint density at radius 1 is 1.05 bits per heavy atom. The van der Waals surface area contributed by atoms with Crippen molar-refractivity contribution < 1.29 is 0 Å². The third kappa shape index (κ3) is 2.95. The van der Waals surface area contributed by atoms with Gasteiger partial charge in [-0.3, -0.25) is 4.99 Å². The van der Waals surface area contributed by atoms with Gasteiger partial charge in [-0.2, -0.15) is 0 Å². The second kappa shape index (κ2) is 5.70. The molecule has 3 heterocycles. The smallest absolute Gasteiger partial charge is 0.128 e. The first-order valence-corrected chi connectivity index (χ1v) is 7.26. The number of likely N-dealkylation sites (N-methyl/N-ethyl adjacent to an activating group) is 1. The van der Waals surface area contributed by atoms with Gasteiger partial charge in [0.2, 0.25) is 0 Å². The summed E-state index contributed by atoms with van der Waals surface area (Å²) in [5.74, 6) is 1.10. The predicted molar refractivity (Wildman–Crippen MR) is 79.2 cm³/mol. The lowest BCUT2D eigenvalue weighted by molar-refractivity contribution is 0.312. The zero-order valence-corrected chi connectivity index (χ0v) is 11.7. The van der Waals surface area contributed by atoms with Crippen LogP contribution in [0.2, 0.25) is 0 Å². The summed E-state index contributed by atoms with van der Waals surface area (Å²) in [7, 11) is 2.18. The van der Waals surface area contributed by atoms with Crippen LogP contribution in [0, 0.1) is 0 Å². The molecule has 3 rings (SSSR count).